The SMILES string of the molecule is Cc1ccc(OCc2cccc(C(=O)Nc3cnn(Cc4ccccc4)c3)c2)c(C)c1. The third kappa shape index (κ3) is 5.39. The maximum Gasteiger partial charge on any atom is 0.255 e. The highest BCUT2D eigenvalue weighted by atomic mass is 16.5. The quantitative estimate of drug-likeness (QED) is 0.444. The Bertz CT molecular complexity index is 1180. The molecule has 1 aromatic heterocycles. The summed E-state index contributed by atoms with van der Waals surface area (Å²) in [6.07, 6.45) is 3.49. The molecule has 0 radical (unpaired) electrons. The third-order valence-corrected chi connectivity index (χ3v) is 4.99. The van der Waals surface area contributed by atoms with Crippen molar-refractivity contribution in [2.75, 3.05) is 5.32 Å². The number of benzene rings is 3. The van der Waals surface area contributed by atoms with Crippen molar-refractivity contribution in [3.63, 3.8) is 0 Å². The molecule has 0 saturated carbocycles. The molecule has 5 nitrogen and oxygen atoms in total. The van der Waals surface area contributed by atoms with E-state index in [9.17, 15) is 4.79 Å². The van der Waals surface area contributed by atoms with Gasteiger partial charge in [-0.05, 0) is 48.7 Å². The van der Waals surface area contributed by atoms with Gasteiger partial charge in [0.1, 0.15) is 12.4 Å². The van der Waals surface area contributed by atoms with E-state index < -0.39 is 0 Å². The molecule has 5 heteroatoms. The second kappa shape index (κ2) is 9.30. The Balaban J connectivity index is 1.38. The molecule has 1 amide bonds. The number of anilines is 1. The van der Waals surface area contributed by atoms with Crippen LogP contribution < -0.4 is 10.1 Å². The summed E-state index contributed by atoms with van der Waals surface area (Å²) < 4.78 is 7.75. The van der Waals surface area contributed by atoms with Crippen LogP contribution in [0.25, 0.3) is 0 Å². The fourth-order valence-electron chi connectivity index (χ4n) is 3.41. The second-order valence-corrected chi connectivity index (χ2v) is 7.62. The molecule has 0 atom stereocenters. The Morgan fingerprint density at radius 1 is 0.968 bits per heavy atom. The summed E-state index contributed by atoms with van der Waals surface area (Å²) in [4.78, 5) is 12.7. The molecule has 0 saturated heterocycles. The maximum absolute atomic E-state index is 12.7. The summed E-state index contributed by atoms with van der Waals surface area (Å²) in [5.74, 6) is 0.680. The van der Waals surface area contributed by atoms with Gasteiger partial charge in [0.15, 0.2) is 0 Å². The van der Waals surface area contributed by atoms with Gasteiger partial charge in [0.25, 0.3) is 5.91 Å². The number of hydrogen-bond acceptors (Lipinski definition) is 3. The van der Waals surface area contributed by atoms with Crippen molar-refractivity contribution >= 4 is 11.6 Å². The van der Waals surface area contributed by atoms with Crippen LogP contribution in [0.1, 0.15) is 32.6 Å². The lowest BCUT2D eigenvalue weighted by atomic mass is 10.1. The zero-order valence-electron chi connectivity index (χ0n) is 17.7. The van der Waals surface area contributed by atoms with Crippen molar-refractivity contribution in [2.45, 2.75) is 27.0 Å². The fraction of sp³-hybridized carbons (Fsp3) is 0.154. The number of aryl methyl sites for hydroxylation is 2. The van der Waals surface area contributed by atoms with Crippen LogP contribution >= 0.6 is 0 Å². The number of rotatable bonds is 7. The molecule has 31 heavy (non-hydrogen) atoms. The highest BCUT2D eigenvalue weighted by Gasteiger charge is 2.09. The van der Waals surface area contributed by atoms with Crippen LogP contribution in [0, 0.1) is 13.8 Å². The zero-order chi connectivity index (χ0) is 21.6. The molecule has 0 aliphatic rings. The lowest BCUT2D eigenvalue weighted by Crippen LogP contribution is -2.12. The van der Waals surface area contributed by atoms with Crippen molar-refractivity contribution in [2.24, 2.45) is 0 Å². The Morgan fingerprint density at radius 3 is 2.58 bits per heavy atom. The first kappa shape index (κ1) is 20.4. The summed E-state index contributed by atoms with van der Waals surface area (Å²) >= 11 is 0. The van der Waals surface area contributed by atoms with Crippen molar-refractivity contribution < 1.29 is 9.53 Å². The number of aromatic nitrogens is 2. The predicted molar refractivity (Wildman–Crippen MR) is 122 cm³/mol. The zero-order valence-corrected chi connectivity index (χ0v) is 17.7. The number of carbonyl (C=O) groups is 1. The van der Waals surface area contributed by atoms with E-state index in [-0.39, 0.29) is 5.91 Å². The molecule has 0 aliphatic heterocycles. The lowest BCUT2D eigenvalue weighted by molar-refractivity contribution is 0.102. The van der Waals surface area contributed by atoms with Gasteiger partial charge in [-0.25, -0.2) is 0 Å². The number of carbonyl (C=O) groups excluding carboxylic acids is 1. The molecule has 4 rings (SSSR count). The van der Waals surface area contributed by atoms with Crippen molar-refractivity contribution in [3.05, 3.63) is 113 Å². The van der Waals surface area contributed by atoms with Crippen LogP contribution in [0.3, 0.4) is 0 Å². The van der Waals surface area contributed by atoms with E-state index in [2.05, 4.69) is 23.4 Å². The molecule has 1 N–H and O–H groups in total. The highest BCUT2D eigenvalue weighted by molar-refractivity contribution is 6.04. The smallest absolute Gasteiger partial charge is 0.255 e. The van der Waals surface area contributed by atoms with Gasteiger partial charge in [0.05, 0.1) is 18.4 Å². The van der Waals surface area contributed by atoms with E-state index in [1.165, 1.54) is 5.56 Å². The van der Waals surface area contributed by atoms with Crippen LogP contribution in [0.2, 0.25) is 0 Å². The maximum atomic E-state index is 12.7. The molecule has 0 unspecified atom stereocenters. The molecule has 0 spiro atoms. The average Bonchev–Trinajstić information content (AvgIpc) is 3.20. The largest absolute Gasteiger partial charge is 0.489 e. The normalized spacial score (nSPS) is 10.6. The lowest BCUT2D eigenvalue weighted by Gasteiger charge is -2.11. The summed E-state index contributed by atoms with van der Waals surface area (Å²) in [6.45, 7) is 5.15. The van der Waals surface area contributed by atoms with Gasteiger partial charge < -0.3 is 10.1 Å². The number of amides is 1. The second-order valence-electron chi connectivity index (χ2n) is 7.62. The first-order valence-corrected chi connectivity index (χ1v) is 10.2. The number of nitrogens with zero attached hydrogens (tertiary/aromatic N) is 2. The van der Waals surface area contributed by atoms with Gasteiger partial charge >= 0.3 is 0 Å². The minimum Gasteiger partial charge on any atom is -0.489 e. The molecule has 4 aromatic rings. The molecule has 0 aliphatic carbocycles. The molecule has 1 heterocycles. The standard InChI is InChI=1S/C26H25N3O2/c1-19-11-12-25(20(2)13-19)31-18-22-9-6-10-23(14-22)26(30)28-24-15-27-29(17-24)16-21-7-4-3-5-8-21/h3-15,17H,16,18H2,1-2H3,(H,28,30). The summed E-state index contributed by atoms with van der Waals surface area (Å²) in [7, 11) is 0. The van der Waals surface area contributed by atoms with Crippen LogP contribution in [-0.4, -0.2) is 15.7 Å². The third-order valence-electron chi connectivity index (χ3n) is 4.99. The van der Waals surface area contributed by atoms with Crippen molar-refractivity contribution in [3.8, 4) is 5.75 Å². The van der Waals surface area contributed by atoms with Crippen LogP contribution in [0.15, 0.2) is 85.2 Å². The van der Waals surface area contributed by atoms with Crippen molar-refractivity contribution in [1.82, 2.24) is 9.78 Å². The Labute approximate surface area is 182 Å². The predicted octanol–water partition coefficient (Wildman–Crippen LogP) is 5.38. The van der Waals surface area contributed by atoms with Crippen molar-refractivity contribution in [1.29, 1.82) is 0 Å². The summed E-state index contributed by atoms with van der Waals surface area (Å²) in [5.41, 5.74) is 5.64. The highest BCUT2D eigenvalue weighted by Crippen LogP contribution is 2.20. The van der Waals surface area contributed by atoms with Crippen LogP contribution in [0.5, 0.6) is 5.75 Å². The van der Waals surface area contributed by atoms with E-state index in [4.69, 9.17) is 4.74 Å². The number of ether oxygens (including phenoxy) is 1. The molecule has 0 fully saturated rings. The molecular formula is C26H25N3O2. The first-order valence-electron chi connectivity index (χ1n) is 10.2. The average molecular weight is 412 g/mol. The number of nitrogens with one attached hydrogen (secondary N) is 1. The first-order chi connectivity index (χ1) is 15.1. The van der Waals surface area contributed by atoms with Gasteiger partial charge in [-0.1, -0.05) is 60.2 Å². The van der Waals surface area contributed by atoms with Crippen LogP contribution in [-0.2, 0) is 13.2 Å². The monoisotopic (exact) mass is 411 g/mol. The molecule has 3 aromatic carbocycles. The Hall–Kier alpha value is -3.86. The topological polar surface area (TPSA) is 56.1 Å². The minimum absolute atomic E-state index is 0.173. The fourth-order valence-corrected chi connectivity index (χ4v) is 3.41. The van der Waals surface area contributed by atoms with E-state index in [0.717, 1.165) is 22.4 Å². The van der Waals surface area contributed by atoms with Gasteiger partial charge in [-0.15, -0.1) is 0 Å². The van der Waals surface area contributed by atoms with E-state index in [1.807, 2.05) is 73.8 Å². The van der Waals surface area contributed by atoms with E-state index in [0.29, 0.717) is 24.4 Å². The molecule has 156 valence electrons. The number of hydrogen-bond donors (Lipinski definition) is 1. The van der Waals surface area contributed by atoms with Gasteiger partial charge in [-0.2, -0.15) is 5.10 Å². The van der Waals surface area contributed by atoms with E-state index in [1.54, 1.807) is 16.9 Å². The summed E-state index contributed by atoms with van der Waals surface area (Å²) in [5, 5.41) is 7.25. The Morgan fingerprint density at radius 2 is 1.77 bits per heavy atom. The van der Waals surface area contributed by atoms with Gasteiger partial charge in [0, 0.05) is 11.8 Å². The van der Waals surface area contributed by atoms with Gasteiger partial charge in [0.2, 0.25) is 0 Å². The Kier molecular flexibility index (Phi) is 6.13. The minimum atomic E-state index is -0.173. The van der Waals surface area contributed by atoms with E-state index >= 15 is 0 Å². The molecular weight excluding hydrogens is 386 g/mol. The summed E-state index contributed by atoms with van der Waals surface area (Å²) in [6, 6.07) is 23.7. The molecule has 0 bridgehead atoms. The van der Waals surface area contributed by atoms with Gasteiger partial charge in [-0.3, -0.25) is 9.48 Å². The van der Waals surface area contributed by atoms with Crippen LogP contribution in [0.4, 0.5) is 5.69 Å².